The summed E-state index contributed by atoms with van der Waals surface area (Å²) in [5.74, 6) is -0.205. The molecule has 0 fully saturated rings. The van der Waals surface area contributed by atoms with Crippen molar-refractivity contribution in [2.24, 2.45) is 5.10 Å². The van der Waals surface area contributed by atoms with Crippen molar-refractivity contribution in [3.63, 3.8) is 0 Å². The van der Waals surface area contributed by atoms with Gasteiger partial charge in [-0.1, -0.05) is 36.4 Å². The number of benzene rings is 3. The van der Waals surface area contributed by atoms with Crippen LogP contribution in [-0.2, 0) is 0 Å². The number of aromatic nitrogens is 4. The van der Waals surface area contributed by atoms with Gasteiger partial charge in [-0.15, -0.1) is 0 Å². The van der Waals surface area contributed by atoms with Crippen molar-refractivity contribution in [2.75, 3.05) is 11.1 Å². The molecular formula is C28H23N7O. The lowest BCUT2D eigenvalue weighted by Crippen LogP contribution is -2.14. The number of carbonyl (C=O) groups excluding carboxylic acids is 1. The third-order valence-electron chi connectivity index (χ3n) is 6.40. The van der Waals surface area contributed by atoms with Gasteiger partial charge in [0.05, 0.1) is 17.2 Å². The van der Waals surface area contributed by atoms with Gasteiger partial charge in [-0.3, -0.25) is 4.79 Å². The Kier molecular flexibility index (Phi) is 5.00. The predicted octanol–water partition coefficient (Wildman–Crippen LogP) is 5.40. The van der Waals surface area contributed by atoms with Crippen LogP contribution in [0.25, 0.3) is 33.1 Å². The van der Waals surface area contributed by atoms with Crippen LogP contribution in [0.5, 0.6) is 0 Å². The van der Waals surface area contributed by atoms with Crippen molar-refractivity contribution in [3.05, 3.63) is 95.2 Å². The molecular weight excluding hydrogens is 450 g/mol. The van der Waals surface area contributed by atoms with E-state index >= 15 is 0 Å². The highest BCUT2D eigenvalue weighted by atomic mass is 16.1. The normalized spacial score (nSPS) is 11.7. The highest BCUT2D eigenvalue weighted by Crippen LogP contribution is 2.29. The molecule has 3 aromatic carbocycles. The van der Waals surface area contributed by atoms with Gasteiger partial charge in [-0.05, 0) is 55.3 Å². The summed E-state index contributed by atoms with van der Waals surface area (Å²) in [6.45, 7) is 4.03. The maximum absolute atomic E-state index is 13.5. The van der Waals surface area contributed by atoms with E-state index in [0.717, 1.165) is 27.6 Å². The van der Waals surface area contributed by atoms with Gasteiger partial charge in [0.25, 0.3) is 5.91 Å². The highest BCUT2D eigenvalue weighted by molar-refractivity contribution is 6.16. The first-order valence-corrected chi connectivity index (χ1v) is 11.6. The summed E-state index contributed by atoms with van der Waals surface area (Å²) in [7, 11) is 0. The minimum absolute atomic E-state index is 0.165. The largest absolute Gasteiger partial charge is 0.383 e. The monoisotopic (exact) mass is 473 g/mol. The minimum Gasteiger partial charge on any atom is -0.383 e. The van der Waals surface area contributed by atoms with Crippen LogP contribution in [0, 0.1) is 13.8 Å². The molecule has 8 heteroatoms. The Morgan fingerprint density at radius 2 is 1.75 bits per heavy atom. The summed E-state index contributed by atoms with van der Waals surface area (Å²) in [5.41, 5.74) is 13.7. The minimum atomic E-state index is -0.369. The Labute approximate surface area is 206 Å². The van der Waals surface area contributed by atoms with E-state index in [1.807, 2.05) is 86.8 Å². The maximum Gasteiger partial charge on any atom is 0.261 e. The Balaban J connectivity index is 1.50. The second-order valence-corrected chi connectivity index (χ2v) is 8.74. The Hall–Kier alpha value is -4.98. The van der Waals surface area contributed by atoms with Gasteiger partial charge in [-0.25, -0.2) is 9.97 Å². The zero-order valence-electron chi connectivity index (χ0n) is 19.8. The van der Waals surface area contributed by atoms with E-state index in [9.17, 15) is 4.79 Å². The highest BCUT2D eigenvalue weighted by Gasteiger charge is 2.24. The molecule has 0 unspecified atom stereocenters. The molecule has 0 saturated carbocycles. The van der Waals surface area contributed by atoms with Crippen molar-refractivity contribution in [1.29, 1.82) is 0 Å². The number of H-pyrrole nitrogens is 1. The van der Waals surface area contributed by atoms with Gasteiger partial charge >= 0.3 is 0 Å². The number of hydrogen-bond donors (Lipinski definition) is 3. The Morgan fingerprint density at radius 1 is 1.00 bits per heavy atom. The first-order chi connectivity index (χ1) is 17.5. The SMILES string of the molecule is Cc1ccc(NC(=O)c2c(N)n(/N=C\c3c[nH]c4ccccc34)c3nc4ccccc4nc23)cc1C. The molecule has 0 aliphatic rings. The fourth-order valence-corrected chi connectivity index (χ4v) is 4.32. The number of rotatable bonds is 4. The maximum atomic E-state index is 13.5. The number of nitrogens with two attached hydrogens (primary N) is 1. The van der Waals surface area contributed by atoms with Crippen molar-refractivity contribution < 1.29 is 4.79 Å². The zero-order valence-corrected chi connectivity index (χ0v) is 19.8. The lowest BCUT2D eigenvalue weighted by molar-refractivity contribution is 0.102. The van der Waals surface area contributed by atoms with E-state index in [1.165, 1.54) is 4.68 Å². The molecule has 0 aliphatic heterocycles. The van der Waals surface area contributed by atoms with Crippen molar-refractivity contribution >= 4 is 56.7 Å². The Bertz CT molecular complexity index is 1830. The zero-order chi connectivity index (χ0) is 24.8. The van der Waals surface area contributed by atoms with E-state index in [-0.39, 0.29) is 17.3 Å². The molecule has 3 aromatic heterocycles. The van der Waals surface area contributed by atoms with Crippen LogP contribution in [0.3, 0.4) is 0 Å². The third kappa shape index (κ3) is 3.56. The summed E-state index contributed by atoms with van der Waals surface area (Å²) in [4.78, 5) is 26.2. The van der Waals surface area contributed by atoms with Gasteiger partial charge in [0, 0.05) is 28.4 Å². The Morgan fingerprint density at radius 3 is 2.56 bits per heavy atom. The summed E-state index contributed by atoms with van der Waals surface area (Å²) in [6.07, 6.45) is 3.58. The molecule has 3 heterocycles. The topological polar surface area (TPSA) is 114 Å². The molecule has 1 amide bonds. The van der Waals surface area contributed by atoms with E-state index in [1.54, 1.807) is 6.21 Å². The van der Waals surface area contributed by atoms with Crippen LogP contribution in [0.4, 0.5) is 11.5 Å². The first-order valence-electron chi connectivity index (χ1n) is 11.6. The smallest absolute Gasteiger partial charge is 0.261 e. The van der Waals surface area contributed by atoms with Crippen LogP contribution in [0.2, 0.25) is 0 Å². The second-order valence-electron chi connectivity index (χ2n) is 8.74. The molecule has 6 aromatic rings. The average molecular weight is 474 g/mol. The molecule has 176 valence electrons. The number of hydrogen-bond acceptors (Lipinski definition) is 5. The van der Waals surface area contributed by atoms with Crippen molar-refractivity contribution in [2.45, 2.75) is 13.8 Å². The van der Waals surface area contributed by atoms with E-state index in [4.69, 9.17) is 15.7 Å². The number of aryl methyl sites for hydroxylation is 2. The number of aromatic amines is 1. The fourth-order valence-electron chi connectivity index (χ4n) is 4.32. The van der Waals surface area contributed by atoms with E-state index in [2.05, 4.69) is 15.4 Å². The number of amides is 1. The molecule has 0 bridgehead atoms. The van der Waals surface area contributed by atoms with Gasteiger partial charge in [-0.2, -0.15) is 9.78 Å². The molecule has 0 atom stereocenters. The summed E-state index contributed by atoms with van der Waals surface area (Å²) >= 11 is 0. The van der Waals surface area contributed by atoms with Crippen molar-refractivity contribution in [1.82, 2.24) is 19.6 Å². The van der Waals surface area contributed by atoms with E-state index < -0.39 is 0 Å². The molecule has 0 radical (unpaired) electrons. The second kappa shape index (κ2) is 8.35. The fraction of sp³-hybridized carbons (Fsp3) is 0.0714. The number of nitrogens with one attached hydrogen (secondary N) is 2. The molecule has 0 spiro atoms. The third-order valence-corrected chi connectivity index (χ3v) is 6.40. The van der Waals surface area contributed by atoms with Gasteiger partial charge < -0.3 is 16.0 Å². The predicted molar refractivity (Wildman–Crippen MR) is 145 cm³/mol. The number of nitrogens with zero attached hydrogens (tertiary/aromatic N) is 4. The quantitative estimate of drug-likeness (QED) is 0.297. The van der Waals surface area contributed by atoms with Crippen LogP contribution >= 0.6 is 0 Å². The number of fused-ring (bicyclic) bond motifs is 3. The summed E-state index contributed by atoms with van der Waals surface area (Å²) in [5, 5.41) is 8.62. The van der Waals surface area contributed by atoms with Gasteiger partial charge in [0.2, 0.25) is 0 Å². The molecule has 4 N–H and O–H groups in total. The van der Waals surface area contributed by atoms with Gasteiger partial charge in [0.1, 0.15) is 16.9 Å². The van der Waals surface area contributed by atoms with Crippen LogP contribution in [0.15, 0.2) is 78.0 Å². The van der Waals surface area contributed by atoms with Crippen LogP contribution < -0.4 is 11.1 Å². The van der Waals surface area contributed by atoms with Crippen LogP contribution in [-0.4, -0.2) is 31.7 Å². The lowest BCUT2D eigenvalue weighted by atomic mass is 10.1. The standard InChI is InChI=1S/C28H23N7O/c1-16-11-12-19(13-17(16)2)32-28(36)24-25-27(34-23-10-6-5-9-22(23)33-25)35(26(24)29)31-15-18-14-30-21-8-4-3-7-20(18)21/h3-15,30H,29H2,1-2H3,(H,32,36)/b31-15-. The summed E-state index contributed by atoms with van der Waals surface area (Å²) in [6, 6.07) is 21.2. The number of carbonyl (C=O) groups is 1. The van der Waals surface area contributed by atoms with Crippen molar-refractivity contribution in [3.8, 4) is 0 Å². The van der Waals surface area contributed by atoms with Crippen LogP contribution in [0.1, 0.15) is 27.0 Å². The van der Waals surface area contributed by atoms with E-state index in [0.29, 0.717) is 27.9 Å². The summed E-state index contributed by atoms with van der Waals surface area (Å²) < 4.78 is 1.48. The lowest BCUT2D eigenvalue weighted by Gasteiger charge is -2.08. The molecule has 6 rings (SSSR count). The average Bonchev–Trinajstić information content (AvgIpc) is 3.41. The first kappa shape index (κ1) is 21.5. The number of anilines is 2. The molecule has 36 heavy (non-hydrogen) atoms. The number of nitrogen functional groups attached to an aromatic ring is 1. The van der Waals surface area contributed by atoms with Gasteiger partial charge in [0.15, 0.2) is 5.65 Å². The molecule has 8 nitrogen and oxygen atoms in total. The molecule has 0 aliphatic carbocycles. The number of para-hydroxylation sites is 3. The molecule has 0 saturated heterocycles.